The van der Waals surface area contributed by atoms with Crippen molar-refractivity contribution in [1.82, 2.24) is 15.1 Å². The van der Waals surface area contributed by atoms with E-state index in [4.69, 9.17) is 4.74 Å². The third-order valence-electron chi connectivity index (χ3n) is 4.68. The second-order valence-electron chi connectivity index (χ2n) is 6.51. The molecule has 0 saturated heterocycles. The van der Waals surface area contributed by atoms with Gasteiger partial charge in [0.25, 0.3) is 5.56 Å². The van der Waals surface area contributed by atoms with Crippen molar-refractivity contribution in [3.63, 3.8) is 0 Å². The van der Waals surface area contributed by atoms with E-state index in [9.17, 15) is 9.59 Å². The van der Waals surface area contributed by atoms with E-state index in [0.29, 0.717) is 19.7 Å². The fraction of sp³-hybridized carbons (Fsp3) is 0.450. The Kier molecular flexibility index (Phi) is 6.04. The first-order valence-electron chi connectivity index (χ1n) is 9.26. The van der Waals surface area contributed by atoms with Crippen LogP contribution >= 0.6 is 0 Å². The highest BCUT2D eigenvalue weighted by Crippen LogP contribution is 2.24. The van der Waals surface area contributed by atoms with E-state index in [2.05, 4.69) is 10.4 Å². The summed E-state index contributed by atoms with van der Waals surface area (Å²) in [5, 5.41) is 7.35. The molecule has 1 aliphatic carbocycles. The average Bonchev–Trinajstić information content (AvgIpc) is 3.19. The van der Waals surface area contributed by atoms with Gasteiger partial charge in [-0.1, -0.05) is 12.8 Å². The van der Waals surface area contributed by atoms with Crippen LogP contribution in [0.3, 0.4) is 0 Å². The van der Waals surface area contributed by atoms with Crippen LogP contribution in [-0.4, -0.2) is 28.8 Å². The van der Waals surface area contributed by atoms with Gasteiger partial charge in [0.2, 0.25) is 5.91 Å². The predicted molar refractivity (Wildman–Crippen MR) is 100 cm³/mol. The van der Waals surface area contributed by atoms with Crippen LogP contribution in [0, 0.1) is 5.92 Å². The third-order valence-corrected chi connectivity index (χ3v) is 4.68. The number of benzene rings is 1. The van der Waals surface area contributed by atoms with Gasteiger partial charge in [-0.3, -0.25) is 9.59 Å². The second-order valence-corrected chi connectivity index (χ2v) is 6.51. The van der Waals surface area contributed by atoms with Gasteiger partial charge in [0.05, 0.1) is 18.8 Å². The summed E-state index contributed by atoms with van der Waals surface area (Å²) in [5.41, 5.74) is 1.46. The Morgan fingerprint density at radius 3 is 2.62 bits per heavy atom. The van der Waals surface area contributed by atoms with Crippen LogP contribution < -0.4 is 15.6 Å². The molecule has 0 unspecified atom stereocenters. The molecule has 1 aromatic heterocycles. The Morgan fingerprint density at radius 2 is 1.92 bits per heavy atom. The summed E-state index contributed by atoms with van der Waals surface area (Å²) >= 11 is 0. The molecule has 138 valence electrons. The normalized spacial score (nSPS) is 14.3. The molecule has 3 rings (SSSR count). The van der Waals surface area contributed by atoms with E-state index >= 15 is 0 Å². The Balaban J connectivity index is 1.63. The van der Waals surface area contributed by atoms with Gasteiger partial charge in [-0.15, -0.1) is 0 Å². The maximum Gasteiger partial charge on any atom is 0.266 e. The molecule has 0 atom stereocenters. The van der Waals surface area contributed by atoms with Crippen molar-refractivity contribution in [1.29, 1.82) is 0 Å². The zero-order valence-corrected chi connectivity index (χ0v) is 15.1. The highest BCUT2D eigenvalue weighted by Gasteiger charge is 2.22. The quantitative estimate of drug-likeness (QED) is 0.829. The summed E-state index contributed by atoms with van der Waals surface area (Å²) in [6, 6.07) is 10.8. The average molecular weight is 355 g/mol. The monoisotopic (exact) mass is 355 g/mol. The molecule has 0 radical (unpaired) electrons. The molecule has 1 aromatic carbocycles. The summed E-state index contributed by atoms with van der Waals surface area (Å²) in [5.74, 6) is 1.03. The number of amides is 1. The van der Waals surface area contributed by atoms with E-state index in [1.807, 2.05) is 31.2 Å². The van der Waals surface area contributed by atoms with Crippen molar-refractivity contribution in [3.05, 3.63) is 46.8 Å². The van der Waals surface area contributed by atoms with Gasteiger partial charge in [-0.05, 0) is 50.1 Å². The van der Waals surface area contributed by atoms with E-state index in [-0.39, 0.29) is 17.4 Å². The van der Waals surface area contributed by atoms with Crippen LogP contribution in [0.1, 0.15) is 32.6 Å². The largest absolute Gasteiger partial charge is 0.494 e. The molecule has 1 aliphatic rings. The lowest BCUT2D eigenvalue weighted by Gasteiger charge is -2.11. The topological polar surface area (TPSA) is 73.2 Å². The van der Waals surface area contributed by atoms with Crippen LogP contribution in [0.4, 0.5) is 0 Å². The van der Waals surface area contributed by atoms with Gasteiger partial charge in [0.1, 0.15) is 5.75 Å². The molecule has 1 heterocycles. The molecule has 6 nitrogen and oxygen atoms in total. The maximum absolute atomic E-state index is 12.1. The molecule has 1 amide bonds. The van der Waals surface area contributed by atoms with Crippen molar-refractivity contribution < 1.29 is 9.53 Å². The number of hydrogen-bond acceptors (Lipinski definition) is 4. The number of hydrogen-bond donors (Lipinski definition) is 1. The Morgan fingerprint density at radius 1 is 1.19 bits per heavy atom. The molecule has 0 bridgehead atoms. The van der Waals surface area contributed by atoms with Crippen molar-refractivity contribution in [3.8, 4) is 17.0 Å². The molecule has 1 fully saturated rings. The maximum atomic E-state index is 12.1. The highest BCUT2D eigenvalue weighted by atomic mass is 16.5. The number of ether oxygens (including phenoxy) is 1. The van der Waals surface area contributed by atoms with E-state index in [0.717, 1.165) is 42.7 Å². The fourth-order valence-corrected chi connectivity index (χ4v) is 3.27. The number of nitrogens with one attached hydrogen (secondary N) is 1. The number of aromatic nitrogens is 2. The SMILES string of the molecule is CCOc1ccc(-c2ccc(=O)n(CCNC(=O)C3CCCC3)n2)cc1. The third kappa shape index (κ3) is 4.50. The minimum Gasteiger partial charge on any atom is -0.494 e. The van der Waals surface area contributed by atoms with Gasteiger partial charge >= 0.3 is 0 Å². The van der Waals surface area contributed by atoms with Crippen LogP contribution in [0.15, 0.2) is 41.2 Å². The Bertz CT molecular complexity index is 793. The van der Waals surface area contributed by atoms with Gasteiger partial charge < -0.3 is 10.1 Å². The molecule has 6 heteroatoms. The summed E-state index contributed by atoms with van der Waals surface area (Å²) in [6.07, 6.45) is 4.20. The first kappa shape index (κ1) is 18.2. The molecule has 1 saturated carbocycles. The van der Waals surface area contributed by atoms with Crippen molar-refractivity contribution in [2.24, 2.45) is 5.92 Å². The number of carbonyl (C=O) groups excluding carboxylic acids is 1. The van der Waals surface area contributed by atoms with Crippen LogP contribution in [0.25, 0.3) is 11.3 Å². The van der Waals surface area contributed by atoms with E-state index in [1.54, 1.807) is 6.07 Å². The summed E-state index contributed by atoms with van der Waals surface area (Å²) in [4.78, 5) is 24.1. The zero-order valence-electron chi connectivity index (χ0n) is 15.1. The van der Waals surface area contributed by atoms with Crippen LogP contribution in [0.2, 0.25) is 0 Å². The number of nitrogens with zero attached hydrogens (tertiary/aromatic N) is 2. The van der Waals surface area contributed by atoms with Gasteiger partial charge in [-0.25, -0.2) is 4.68 Å². The lowest BCUT2D eigenvalue weighted by Crippen LogP contribution is -2.34. The highest BCUT2D eigenvalue weighted by molar-refractivity contribution is 5.78. The smallest absolute Gasteiger partial charge is 0.266 e. The van der Waals surface area contributed by atoms with Gasteiger partial charge in [0.15, 0.2) is 0 Å². The minimum absolute atomic E-state index is 0.0956. The van der Waals surface area contributed by atoms with Crippen molar-refractivity contribution >= 4 is 5.91 Å². The van der Waals surface area contributed by atoms with E-state index < -0.39 is 0 Å². The molecule has 2 aromatic rings. The summed E-state index contributed by atoms with van der Waals surface area (Å²) in [7, 11) is 0. The minimum atomic E-state index is -0.171. The lowest BCUT2D eigenvalue weighted by atomic mass is 10.1. The van der Waals surface area contributed by atoms with Gasteiger partial charge in [0, 0.05) is 24.1 Å². The molecular formula is C20H25N3O3. The zero-order chi connectivity index (χ0) is 18.4. The standard InChI is InChI=1S/C20H25N3O3/c1-2-26-17-9-7-15(8-10-17)18-11-12-19(24)23(22-18)14-13-21-20(25)16-5-3-4-6-16/h7-12,16H,2-6,13-14H2,1H3,(H,21,25). The van der Waals surface area contributed by atoms with Gasteiger partial charge in [-0.2, -0.15) is 5.10 Å². The van der Waals surface area contributed by atoms with Crippen molar-refractivity contribution in [2.75, 3.05) is 13.2 Å². The Labute approximate surface area is 153 Å². The molecular weight excluding hydrogens is 330 g/mol. The van der Waals surface area contributed by atoms with Crippen LogP contribution in [-0.2, 0) is 11.3 Å². The number of rotatable bonds is 7. The molecule has 1 N–H and O–H groups in total. The molecule has 0 aliphatic heterocycles. The van der Waals surface area contributed by atoms with Crippen LogP contribution in [0.5, 0.6) is 5.75 Å². The summed E-state index contributed by atoms with van der Waals surface area (Å²) < 4.78 is 6.84. The lowest BCUT2D eigenvalue weighted by molar-refractivity contribution is -0.124. The van der Waals surface area contributed by atoms with E-state index in [1.165, 1.54) is 10.7 Å². The summed E-state index contributed by atoms with van der Waals surface area (Å²) in [6.45, 7) is 3.34. The molecule has 0 spiro atoms. The molecule has 26 heavy (non-hydrogen) atoms. The second kappa shape index (κ2) is 8.65. The fourth-order valence-electron chi connectivity index (χ4n) is 3.27. The first-order valence-corrected chi connectivity index (χ1v) is 9.26. The predicted octanol–water partition coefficient (Wildman–Crippen LogP) is 2.62. The number of carbonyl (C=O) groups is 1. The Hall–Kier alpha value is -2.63. The van der Waals surface area contributed by atoms with Crippen molar-refractivity contribution in [2.45, 2.75) is 39.2 Å². The first-order chi connectivity index (χ1) is 12.7.